The van der Waals surface area contributed by atoms with Gasteiger partial charge in [0.1, 0.15) is 19.1 Å². The molecule has 16 heavy (non-hydrogen) atoms. The van der Waals surface area contributed by atoms with E-state index < -0.39 is 12.6 Å². The van der Waals surface area contributed by atoms with Crippen LogP contribution >= 0.6 is 0 Å². The van der Waals surface area contributed by atoms with Crippen LogP contribution in [0.5, 0.6) is 0 Å². The van der Waals surface area contributed by atoms with Gasteiger partial charge in [0.25, 0.3) is 0 Å². The molecule has 0 unspecified atom stereocenters. The summed E-state index contributed by atoms with van der Waals surface area (Å²) in [4.78, 5) is 0. The quantitative estimate of drug-likeness (QED) is 0.255. The van der Waals surface area contributed by atoms with Gasteiger partial charge in [-0.25, -0.2) is 0 Å². The summed E-state index contributed by atoms with van der Waals surface area (Å²) >= 11 is 0. The number of hydrogen-bond donors (Lipinski definition) is 5. The van der Waals surface area contributed by atoms with Crippen LogP contribution < -0.4 is 12.4 Å². The normalized spacial score (nSPS) is 9.75. The Labute approximate surface area is 104 Å². The van der Waals surface area contributed by atoms with E-state index in [0.717, 1.165) is 11.0 Å². The van der Waals surface area contributed by atoms with Crippen molar-refractivity contribution in [3.63, 3.8) is 0 Å². The van der Waals surface area contributed by atoms with Crippen molar-refractivity contribution >= 4 is 0 Å². The summed E-state index contributed by atoms with van der Waals surface area (Å²) in [7, 11) is 6.16. The molecular weight excluding hydrogens is 238 g/mol. The van der Waals surface area contributed by atoms with Gasteiger partial charge in [-0.05, 0) is 13.8 Å². The van der Waals surface area contributed by atoms with Crippen molar-refractivity contribution in [3.05, 3.63) is 0 Å². The van der Waals surface area contributed by atoms with Crippen molar-refractivity contribution in [3.8, 4) is 0 Å². The Bertz CT molecular complexity index is 105. The van der Waals surface area contributed by atoms with Gasteiger partial charge in [0.05, 0.1) is 27.7 Å². The van der Waals surface area contributed by atoms with Gasteiger partial charge in [0.15, 0.2) is 0 Å². The zero-order valence-electron chi connectivity index (χ0n) is 10.6. The van der Waals surface area contributed by atoms with Crippen LogP contribution in [0.3, 0.4) is 0 Å². The van der Waals surface area contributed by atoms with E-state index in [1.54, 1.807) is 0 Å². The fourth-order valence-electron chi connectivity index (χ4n) is 0.300. The van der Waals surface area contributed by atoms with Gasteiger partial charge in [0.2, 0.25) is 0 Å². The Hall–Kier alpha value is 0.0500. The third-order valence-corrected chi connectivity index (χ3v) is 0.771. The van der Waals surface area contributed by atoms with Gasteiger partial charge in [0, 0.05) is 0 Å². The van der Waals surface area contributed by atoms with Crippen LogP contribution in [0.15, 0.2) is 0 Å². The second-order valence-electron chi connectivity index (χ2n) is 4.00. The molecular formula is C9H26ClNO5. The second kappa shape index (κ2) is 15.0. The third kappa shape index (κ3) is 146. The van der Waals surface area contributed by atoms with Gasteiger partial charge < -0.3 is 42.4 Å². The van der Waals surface area contributed by atoms with Crippen molar-refractivity contribution in [1.82, 2.24) is 0 Å². The van der Waals surface area contributed by atoms with E-state index in [0.29, 0.717) is 0 Å². The molecule has 0 saturated heterocycles. The molecule has 0 aromatic rings. The highest BCUT2D eigenvalue weighted by Crippen LogP contribution is 1.84. The number of aliphatic hydroxyl groups is 5. The minimum absolute atomic E-state index is 0. The summed E-state index contributed by atoms with van der Waals surface area (Å²) in [5, 5.41) is 38.8. The lowest BCUT2D eigenvalue weighted by molar-refractivity contribution is -0.870. The van der Waals surface area contributed by atoms with Gasteiger partial charge in [-0.15, -0.1) is 0 Å². The van der Waals surface area contributed by atoms with Gasteiger partial charge in [-0.1, -0.05) is 0 Å². The molecule has 0 aliphatic carbocycles. The maximum atomic E-state index is 8.39. The predicted octanol–water partition coefficient (Wildman–Crippen LogP) is -4.68. The van der Waals surface area contributed by atoms with E-state index in [1.165, 1.54) is 13.8 Å². The van der Waals surface area contributed by atoms with Crippen LogP contribution in [0.25, 0.3) is 0 Å². The molecule has 0 aliphatic rings. The fourth-order valence-corrected chi connectivity index (χ4v) is 0.300. The van der Waals surface area contributed by atoms with Crippen molar-refractivity contribution in [2.75, 3.05) is 34.3 Å². The minimum atomic E-state index is -1.17. The lowest BCUT2D eigenvalue weighted by atomic mass is 10.5. The summed E-state index contributed by atoms with van der Waals surface area (Å²) in [6, 6.07) is 0. The third-order valence-electron chi connectivity index (χ3n) is 0.771. The van der Waals surface area contributed by atoms with Crippen LogP contribution in [0, 0.1) is 0 Å². The number of rotatable bonds is 2. The smallest absolute Gasteiger partial charge is 0.148 e. The number of halogens is 1. The molecule has 0 fully saturated rings. The van der Waals surface area contributed by atoms with Crippen LogP contribution in [0.2, 0.25) is 0 Å². The summed E-state index contributed by atoms with van der Waals surface area (Å²) in [5.74, 6) is 0. The van der Waals surface area contributed by atoms with Crippen molar-refractivity contribution in [2.24, 2.45) is 0 Å². The van der Waals surface area contributed by atoms with E-state index in [-0.39, 0.29) is 19.0 Å². The highest BCUT2D eigenvalue weighted by atomic mass is 35.5. The molecule has 0 aliphatic heterocycles. The predicted molar refractivity (Wildman–Crippen MR) is 57.8 cm³/mol. The lowest BCUT2D eigenvalue weighted by Gasteiger charge is -2.21. The highest BCUT2D eigenvalue weighted by molar-refractivity contribution is 4.19. The Morgan fingerprint density at radius 1 is 0.875 bits per heavy atom. The molecule has 0 rings (SSSR count). The molecule has 7 heteroatoms. The number of nitrogens with zero attached hydrogens (tertiary/aromatic N) is 1. The van der Waals surface area contributed by atoms with Gasteiger partial charge in [-0.2, -0.15) is 0 Å². The van der Waals surface area contributed by atoms with Crippen molar-refractivity contribution in [1.29, 1.82) is 0 Å². The largest absolute Gasteiger partial charge is 1.00 e. The lowest BCUT2D eigenvalue weighted by Crippen LogP contribution is -3.00. The van der Waals surface area contributed by atoms with E-state index >= 15 is 0 Å². The molecule has 0 aromatic heterocycles. The first-order valence-electron chi connectivity index (χ1n) is 4.66. The van der Waals surface area contributed by atoms with E-state index in [4.69, 9.17) is 25.5 Å². The molecule has 0 atom stereocenters. The second-order valence-corrected chi connectivity index (χ2v) is 4.00. The molecule has 0 aromatic carbocycles. The Morgan fingerprint density at radius 3 is 1.06 bits per heavy atom. The minimum Gasteiger partial charge on any atom is -1.00 e. The molecule has 104 valence electrons. The van der Waals surface area contributed by atoms with Crippen LogP contribution in [-0.4, -0.2) is 76.9 Å². The average Bonchev–Trinajstić information content (AvgIpc) is 1.79. The average molecular weight is 264 g/mol. The highest BCUT2D eigenvalue weighted by Gasteiger charge is 2.02. The SMILES string of the molecule is CC(O)O.CC(O)O.C[N+](C)(C)CCO.[Cl-]. The Kier molecular flexibility index (Phi) is 23.5. The number of hydrogen-bond acceptors (Lipinski definition) is 5. The first-order valence-corrected chi connectivity index (χ1v) is 4.66. The van der Waals surface area contributed by atoms with Crippen LogP contribution in [0.1, 0.15) is 13.8 Å². The summed E-state index contributed by atoms with van der Waals surface area (Å²) < 4.78 is 0.844. The Morgan fingerprint density at radius 2 is 1.06 bits per heavy atom. The molecule has 0 radical (unpaired) electrons. The molecule has 0 amide bonds. The molecule has 6 nitrogen and oxygen atoms in total. The summed E-state index contributed by atoms with van der Waals surface area (Å²) in [6.45, 7) is 3.67. The topological polar surface area (TPSA) is 101 Å². The van der Waals surface area contributed by atoms with Gasteiger partial charge >= 0.3 is 0 Å². The van der Waals surface area contributed by atoms with E-state index in [1.807, 2.05) is 0 Å². The number of likely N-dealkylation sites (N-methyl/N-ethyl adjacent to an activating group) is 1. The van der Waals surface area contributed by atoms with Crippen molar-refractivity contribution in [2.45, 2.75) is 26.4 Å². The maximum absolute atomic E-state index is 8.39. The zero-order valence-corrected chi connectivity index (χ0v) is 11.4. The first-order chi connectivity index (χ1) is 6.52. The first kappa shape index (κ1) is 25.0. The fraction of sp³-hybridized carbons (Fsp3) is 1.00. The van der Waals surface area contributed by atoms with E-state index in [9.17, 15) is 0 Å². The Balaban J connectivity index is -0.0000000700. The molecule has 0 heterocycles. The van der Waals surface area contributed by atoms with Crippen LogP contribution in [0.4, 0.5) is 0 Å². The van der Waals surface area contributed by atoms with Crippen LogP contribution in [-0.2, 0) is 0 Å². The molecule has 0 spiro atoms. The molecule has 0 saturated carbocycles. The monoisotopic (exact) mass is 263 g/mol. The zero-order chi connectivity index (χ0) is 13.1. The molecule has 0 bridgehead atoms. The molecule has 5 N–H and O–H groups in total. The number of aliphatic hydroxyl groups excluding tert-OH is 3. The number of quaternary nitrogens is 1. The van der Waals surface area contributed by atoms with Gasteiger partial charge in [-0.3, -0.25) is 0 Å². The summed E-state index contributed by atoms with van der Waals surface area (Å²) in [5.41, 5.74) is 0. The van der Waals surface area contributed by atoms with Crippen molar-refractivity contribution < 1.29 is 42.4 Å². The van der Waals surface area contributed by atoms with E-state index in [2.05, 4.69) is 21.1 Å². The standard InChI is InChI=1S/C5H14NO.2C2H6O2.ClH/c1-6(2,3)4-5-7;2*1-2(3)4;/h7H,4-5H2,1-3H3;2*2-4H,1H3;1H/q+1;;;/p-1. The maximum Gasteiger partial charge on any atom is 0.148 e. The summed E-state index contributed by atoms with van der Waals surface area (Å²) in [6.07, 6.45) is -2.33.